The SMILES string of the molecule is [2H]N[C@@H](CCCN)C(=O)N[C@@H](CCc1ccccc1)C(=O)O. The van der Waals surface area contributed by atoms with Crippen LogP contribution in [0, 0.1) is 0 Å². The Morgan fingerprint density at radius 2 is 2.00 bits per heavy atom. The third-order valence-corrected chi connectivity index (χ3v) is 3.19. The van der Waals surface area contributed by atoms with Gasteiger partial charge >= 0.3 is 5.97 Å². The lowest BCUT2D eigenvalue weighted by Gasteiger charge is -2.17. The molecule has 0 aliphatic heterocycles. The molecule has 2 atom stereocenters. The molecule has 0 bridgehead atoms. The number of carbonyl (C=O) groups is 2. The maximum absolute atomic E-state index is 12.0. The average Bonchev–Trinajstić information content (AvgIpc) is 2.52. The molecule has 6 N–H and O–H groups in total. The standard InChI is InChI=1S/C15H23N3O3/c16-10-4-7-12(17)14(19)18-13(15(20)21)9-8-11-5-2-1-3-6-11/h1-3,5-6,12-13H,4,7-10,16-17H2,(H,18,19)(H,20,21)/t12-,13-/m0/s1/i/hD. The van der Waals surface area contributed by atoms with Crippen molar-refractivity contribution in [2.45, 2.75) is 37.8 Å². The quantitative estimate of drug-likeness (QED) is 0.493. The number of carboxylic acid groups (broad SMARTS) is 1. The van der Waals surface area contributed by atoms with Crippen molar-refractivity contribution in [3.63, 3.8) is 0 Å². The molecule has 0 unspecified atom stereocenters. The van der Waals surface area contributed by atoms with Crippen LogP contribution in [-0.4, -0.2) is 35.6 Å². The van der Waals surface area contributed by atoms with E-state index in [0.29, 0.717) is 32.2 Å². The Balaban J connectivity index is 2.55. The van der Waals surface area contributed by atoms with Gasteiger partial charge in [-0.15, -0.1) is 0 Å². The molecule has 1 aromatic rings. The van der Waals surface area contributed by atoms with Gasteiger partial charge in [-0.05, 0) is 37.8 Å². The van der Waals surface area contributed by atoms with E-state index in [1.165, 1.54) is 0 Å². The van der Waals surface area contributed by atoms with Crippen molar-refractivity contribution in [1.29, 1.82) is 0 Å². The van der Waals surface area contributed by atoms with Crippen LogP contribution in [0.5, 0.6) is 0 Å². The first kappa shape index (κ1) is 15.5. The van der Waals surface area contributed by atoms with Crippen LogP contribution in [-0.2, 0) is 16.0 Å². The first-order valence-corrected chi connectivity index (χ1v) is 7.03. The lowest BCUT2D eigenvalue weighted by atomic mass is 10.0. The molecule has 0 heterocycles. The van der Waals surface area contributed by atoms with Gasteiger partial charge in [-0.25, -0.2) is 4.79 Å². The maximum Gasteiger partial charge on any atom is 0.326 e. The molecule has 0 aromatic heterocycles. The highest BCUT2D eigenvalue weighted by molar-refractivity contribution is 5.86. The number of aliphatic carboxylic acids is 1. The normalized spacial score (nSPS) is 14.0. The Labute approximate surface area is 126 Å². The summed E-state index contributed by atoms with van der Waals surface area (Å²) in [5, 5.41) is 11.7. The number of aryl methyl sites for hydroxylation is 1. The number of nitrogens with one attached hydrogen (secondary N) is 1. The third-order valence-electron chi connectivity index (χ3n) is 3.19. The zero-order valence-electron chi connectivity index (χ0n) is 12.9. The summed E-state index contributed by atoms with van der Waals surface area (Å²) in [6.45, 7) is 0.418. The summed E-state index contributed by atoms with van der Waals surface area (Å²) in [5.74, 6) is -1.56. The van der Waals surface area contributed by atoms with E-state index >= 15 is 0 Å². The summed E-state index contributed by atoms with van der Waals surface area (Å²) < 4.78 is 7.16. The minimum absolute atomic E-state index is 0.298. The van der Waals surface area contributed by atoms with Crippen molar-refractivity contribution in [2.75, 3.05) is 6.54 Å². The van der Waals surface area contributed by atoms with Gasteiger partial charge in [0.25, 0.3) is 0 Å². The van der Waals surface area contributed by atoms with E-state index in [9.17, 15) is 14.7 Å². The number of carbonyl (C=O) groups excluding carboxylic acids is 1. The second kappa shape index (κ2) is 9.10. The molecule has 6 nitrogen and oxygen atoms in total. The molecule has 6 heteroatoms. The highest BCUT2D eigenvalue weighted by Gasteiger charge is 2.22. The van der Waals surface area contributed by atoms with Crippen molar-refractivity contribution < 1.29 is 16.1 Å². The van der Waals surface area contributed by atoms with Gasteiger partial charge in [-0.3, -0.25) is 4.79 Å². The Morgan fingerprint density at radius 3 is 2.57 bits per heavy atom. The number of hydrogen-bond acceptors (Lipinski definition) is 4. The van der Waals surface area contributed by atoms with E-state index in [1.54, 1.807) is 0 Å². The van der Waals surface area contributed by atoms with Gasteiger partial charge in [-0.2, -0.15) is 0 Å². The topological polar surface area (TPSA) is 118 Å². The van der Waals surface area contributed by atoms with Crippen molar-refractivity contribution in [2.24, 2.45) is 11.5 Å². The van der Waals surface area contributed by atoms with E-state index in [1.807, 2.05) is 30.3 Å². The number of amides is 1. The molecule has 21 heavy (non-hydrogen) atoms. The van der Waals surface area contributed by atoms with Crippen LogP contribution in [0.1, 0.15) is 24.8 Å². The molecule has 1 amide bonds. The van der Waals surface area contributed by atoms with Crippen LogP contribution in [0.15, 0.2) is 30.3 Å². The van der Waals surface area contributed by atoms with E-state index in [0.717, 1.165) is 5.56 Å². The molecular formula is C15H23N3O3. The number of nitrogens with two attached hydrogens (primary N) is 2. The molecule has 0 spiro atoms. The molecule has 0 aliphatic rings. The first-order chi connectivity index (χ1) is 10.6. The molecule has 0 saturated carbocycles. The van der Waals surface area contributed by atoms with Gasteiger partial charge in [0.05, 0.1) is 6.04 Å². The van der Waals surface area contributed by atoms with Gasteiger partial charge in [0.15, 0.2) is 0 Å². The van der Waals surface area contributed by atoms with Crippen LogP contribution in [0.2, 0.25) is 1.41 Å². The van der Waals surface area contributed by atoms with E-state index in [2.05, 4.69) is 11.0 Å². The van der Waals surface area contributed by atoms with Crippen LogP contribution < -0.4 is 16.8 Å². The second-order valence-electron chi connectivity index (χ2n) is 4.91. The Hall–Kier alpha value is -1.92. The summed E-state index contributed by atoms with van der Waals surface area (Å²) in [4.78, 5) is 23.3. The minimum Gasteiger partial charge on any atom is -0.480 e. The Morgan fingerprint density at radius 1 is 1.29 bits per heavy atom. The van der Waals surface area contributed by atoms with E-state index < -0.39 is 24.0 Å². The largest absolute Gasteiger partial charge is 0.480 e. The Kier molecular flexibility index (Phi) is 6.70. The highest BCUT2D eigenvalue weighted by atomic mass is 16.4. The Bertz CT molecular complexity index is 470. The zero-order valence-corrected chi connectivity index (χ0v) is 11.9. The van der Waals surface area contributed by atoms with Crippen LogP contribution >= 0.6 is 0 Å². The van der Waals surface area contributed by atoms with Crippen LogP contribution in [0.3, 0.4) is 0 Å². The fourth-order valence-electron chi connectivity index (χ4n) is 1.94. The van der Waals surface area contributed by atoms with Crippen LogP contribution in [0.25, 0.3) is 0 Å². The molecule has 0 aliphatic carbocycles. The van der Waals surface area contributed by atoms with Crippen molar-refractivity contribution in [3.05, 3.63) is 35.9 Å². The first-order valence-electron chi connectivity index (χ1n) is 7.53. The summed E-state index contributed by atoms with van der Waals surface area (Å²) in [6.07, 6.45) is 1.84. The predicted molar refractivity (Wildman–Crippen MR) is 80.6 cm³/mol. The minimum atomic E-state index is -1.08. The molecule has 0 fully saturated rings. The van der Waals surface area contributed by atoms with Crippen molar-refractivity contribution in [1.82, 2.24) is 5.32 Å². The van der Waals surface area contributed by atoms with Gasteiger partial charge in [-0.1, -0.05) is 30.3 Å². The number of hydrogen-bond donors (Lipinski definition) is 4. The number of benzene rings is 1. The monoisotopic (exact) mass is 294 g/mol. The van der Waals surface area contributed by atoms with Gasteiger partial charge in [0.2, 0.25) is 5.91 Å². The summed E-state index contributed by atoms with van der Waals surface area (Å²) >= 11 is 0. The lowest BCUT2D eigenvalue weighted by Crippen LogP contribution is -2.48. The number of carboxylic acids is 1. The fourth-order valence-corrected chi connectivity index (χ4v) is 1.94. The molecule has 0 saturated heterocycles. The summed E-state index contributed by atoms with van der Waals surface area (Å²) in [6, 6.07) is 7.77. The molecule has 1 rings (SSSR count). The van der Waals surface area contributed by atoms with Crippen molar-refractivity contribution >= 4 is 11.9 Å². The number of rotatable bonds is 10. The van der Waals surface area contributed by atoms with Gasteiger partial charge in [0.1, 0.15) is 7.45 Å². The van der Waals surface area contributed by atoms with E-state index in [4.69, 9.17) is 7.15 Å². The summed E-state index contributed by atoms with van der Waals surface area (Å²) in [7, 11) is 0. The zero-order chi connectivity index (χ0) is 16.4. The van der Waals surface area contributed by atoms with Gasteiger partial charge in [0, 0.05) is 0 Å². The average molecular weight is 294 g/mol. The smallest absolute Gasteiger partial charge is 0.326 e. The maximum atomic E-state index is 12.0. The molecular weight excluding hydrogens is 270 g/mol. The predicted octanol–water partition coefficient (Wildman–Crippen LogP) is 0.255. The van der Waals surface area contributed by atoms with Gasteiger partial charge < -0.3 is 21.9 Å². The lowest BCUT2D eigenvalue weighted by molar-refractivity contribution is -0.142. The molecule has 116 valence electrons. The highest BCUT2D eigenvalue weighted by Crippen LogP contribution is 2.06. The van der Waals surface area contributed by atoms with Crippen LogP contribution in [0.4, 0.5) is 0 Å². The van der Waals surface area contributed by atoms with Crippen molar-refractivity contribution in [3.8, 4) is 0 Å². The molecule has 0 radical (unpaired) electrons. The van der Waals surface area contributed by atoms with E-state index in [-0.39, 0.29) is 0 Å². The molecule has 1 aromatic carbocycles. The fraction of sp³-hybridized carbons (Fsp3) is 0.467. The summed E-state index contributed by atoms with van der Waals surface area (Å²) in [5.41, 5.74) is 8.54. The second-order valence-corrected chi connectivity index (χ2v) is 4.91. The third kappa shape index (κ3) is 6.37.